The first-order chi connectivity index (χ1) is 8.20. The fourth-order valence-corrected chi connectivity index (χ4v) is 1.73. The quantitative estimate of drug-likeness (QED) is 0.824. The number of carboxylic acids is 1. The van der Waals surface area contributed by atoms with Crippen molar-refractivity contribution in [1.29, 1.82) is 0 Å². The molecule has 1 aliphatic rings. The van der Waals surface area contributed by atoms with Crippen LogP contribution in [0.4, 0.5) is 4.79 Å². The van der Waals surface area contributed by atoms with Crippen LogP contribution in [0.2, 0.25) is 0 Å². The zero-order valence-corrected chi connectivity index (χ0v) is 11.4. The van der Waals surface area contributed by atoms with E-state index in [9.17, 15) is 14.7 Å². The van der Waals surface area contributed by atoms with Crippen molar-refractivity contribution < 1.29 is 24.2 Å². The maximum absolute atomic E-state index is 11.7. The van der Waals surface area contributed by atoms with E-state index >= 15 is 0 Å². The standard InChI is InChI=1S/C12H21NO5/c1-5-17-8-12(9(14)15)6-13(7-12)10(16)18-11(2,3)4/h5-8H2,1-4H3,(H,14,15). The summed E-state index contributed by atoms with van der Waals surface area (Å²) in [5.74, 6) is -0.934. The van der Waals surface area contributed by atoms with Crippen LogP contribution in [0.15, 0.2) is 0 Å². The Morgan fingerprint density at radius 1 is 1.33 bits per heavy atom. The van der Waals surface area contributed by atoms with Gasteiger partial charge in [0.05, 0.1) is 6.61 Å². The Balaban J connectivity index is 2.53. The second-order valence-electron chi connectivity index (χ2n) is 5.56. The summed E-state index contributed by atoms with van der Waals surface area (Å²) in [6.07, 6.45) is -0.476. The normalized spacial score (nSPS) is 18.1. The fraction of sp³-hybridized carbons (Fsp3) is 0.833. The number of hydrogen-bond donors (Lipinski definition) is 1. The van der Waals surface area contributed by atoms with Crippen LogP contribution in [0, 0.1) is 5.41 Å². The molecule has 0 aromatic rings. The first-order valence-electron chi connectivity index (χ1n) is 5.99. The molecule has 18 heavy (non-hydrogen) atoms. The molecule has 1 saturated heterocycles. The summed E-state index contributed by atoms with van der Waals surface area (Å²) in [4.78, 5) is 24.3. The number of aliphatic carboxylic acids is 1. The highest BCUT2D eigenvalue weighted by molar-refractivity contribution is 5.80. The van der Waals surface area contributed by atoms with Gasteiger partial charge in [0.1, 0.15) is 11.0 Å². The molecule has 1 heterocycles. The molecule has 0 unspecified atom stereocenters. The largest absolute Gasteiger partial charge is 0.481 e. The third kappa shape index (κ3) is 3.35. The summed E-state index contributed by atoms with van der Waals surface area (Å²) in [6.45, 7) is 7.98. The lowest BCUT2D eigenvalue weighted by atomic mass is 9.81. The molecule has 104 valence electrons. The number of rotatable bonds is 4. The molecule has 6 heteroatoms. The van der Waals surface area contributed by atoms with Gasteiger partial charge in [-0.2, -0.15) is 0 Å². The summed E-state index contributed by atoms with van der Waals surface area (Å²) in [7, 11) is 0. The van der Waals surface area contributed by atoms with E-state index in [4.69, 9.17) is 9.47 Å². The molecule has 0 bridgehead atoms. The van der Waals surface area contributed by atoms with Crippen LogP contribution in [0.3, 0.4) is 0 Å². The smallest absolute Gasteiger partial charge is 0.410 e. The highest BCUT2D eigenvalue weighted by Gasteiger charge is 2.52. The SMILES string of the molecule is CCOCC1(C(=O)O)CN(C(=O)OC(C)(C)C)C1. The van der Waals surface area contributed by atoms with Crippen molar-refractivity contribution in [2.24, 2.45) is 5.41 Å². The minimum atomic E-state index is -0.979. The summed E-state index contributed by atoms with van der Waals surface area (Å²) < 4.78 is 10.3. The van der Waals surface area contributed by atoms with E-state index in [-0.39, 0.29) is 19.7 Å². The Hall–Kier alpha value is -1.30. The van der Waals surface area contributed by atoms with Gasteiger partial charge in [-0.1, -0.05) is 0 Å². The van der Waals surface area contributed by atoms with Gasteiger partial charge in [0.15, 0.2) is 0 Å². The highest BCUT2D eigenvalue weighted by atomic mass is 16.6. The predicted molar refractivity (Wildman–Crippen MR) is 64.4 cm³/mol. The predicted octanol–water partition coefficient (Wildman–Crippen LogP) is 1.34. The maximum Gasteiger partial charge on any atom is 0.410 e. The van der Waals surface area contributed by atoms with Crippen molar-refractivity contribution in [3.05, 3.63) is 0 Å². The van der Waals surface area contributed by atoms with E-state index in [1.807, 2.05) is 0 Å². The van der Waals surface area contributed by atoms with Crippen molar-refractivity contribution in [2.75, 3.05) is 26.3 Å². The van der Waals surface area contributed by atoms with Crippen LogP contribution in [-0.4, -0.2) is 54.0 Å². The van der Waals surface area contributed by atoms with Crippen LogP contribution < -0.4 is 0 Å². The van der Waals surface area contributed by atoms with Crippen molar-refractivity contribution in [1.82, 2.24) is 4.90 Å². The van der Waals surface area contributed by atoms with Gasteiger partial charge in [-0.05, 0) is 27.7 Å². The molecular weight excluding hydrogens is 238 g/mol. The van der Waals surface area contributed by atoms with Gasteiger partial charge in [-0.15, -0.1) is 0 Å². The maximum atomic E-state index is 11.7. The lowest BCUT2D eigenvalue weighted by Crippen LogP contribution is -2.64. The number of amides is 1. The Kier molecular flexibility index (Phi) is 4.21. The molecule has 0 radical (unpaired) electrons. The molecular formula is C12H21NO5. The van der Waals surface area contributed by atoms with Gasteiger partial charge in [-0.3, -0.25) is 4.79 Å². The van der Waals surface area contributed by atoms with Crippen LogP contribution in [0.25, 0.3) is 0 Å². The minimum absolute atomic E-state index is 0.123. The van der Waals surface area contributed by atoms with E-state index in [0.717, 1.165) is 0 Å². The van der Waals surface area contributed by atoms with Gasteiger partial charge in [0, 0.05) is 19.7 Å². The number of ether oxygens (including phenoxy) is 2. The van der Waals surface area contributed by atoms with E-state index in [1.54, 1.807) is 27.7 Å². The molecule has 0 aromatic carbocycles. The Morgan fingerprint density at radius 2 is 1.89 bits per heavy atom. The van der Waals surface area contributed by atoms with Crippen LogP contribution in [0.5, 0.6) is 0 Å². The van der Waals surface area contributed by atoms with Crippen molar-refractivity contribution in [2.45, 2.75) is 33.3 Å². The summed E-state index contributed by atoms with van der Waals surface area (Å²) >= 11 is 0. The summed E-state index contributed by atoms with van der Waals surface area (Å²) in [5.41, 5.74) is -1.55. The number of hydrogen-bond acceptors (Lipinski definition) is 4. The average Bonchev–Trinajstić information content (AvgIpc) is 2.12. The molecule has 0 aliphatic carbocycles. The van der Waals surface area contributed by atoms with E-state index in [1.165, 1.54) is 4.90 Å². The molecule has 0 spiro atoms. The fourth-order valence-electron chi connectivity index (χ4n) is 1.73. The Morgan fingerprint density at radius 3 is 2.28 bits per heavy atom. The van der Waals surface area contributed by atoms with Crippen LogP contribution in [0.1, 0.15) is 27.7 Å². The zero-order chi connectivity index (χ0) is 14.0. The first-order valence-corrected chi connectivity index (χ1v) is 5.99. The highest BCUT2D eigenvalue weighted by Crippen LogP contribution is 2.32. The van der Waals surface area contributed by atoms with E-state index in [0.29, 0.717) is 6.61 Å². The van der Waals surface area contributed by atoms with Gasteiger partial charge in [-0.25, -0.2) is 4.79 Å². The Bertz CT molecular complexity index is 328. The van der Waals surface area contributed by atoms with Crippen LogP contribution in [-0.2, 0) is 14.3 Å². The first kappa shape index (κ1) is 14.8. The van der Waals surface area contributed by atoms with Gasteiger partial charge < -0.3 is 19.5 Å². The van der Waals surface area contributed by atoms with E-state index in [2.05, 4.69) is 0 Å². The second-order valence-corrected chi connectivity index (χ2v) is 5.56. The average molecular weight is 259 g/mol. The number of carbonyl (C=O) groups excluding carboxylic acids is 1. The monoisotopic (exact) mass is 259 g/mol. The zero-order valence-electron chi connectivity index (χ0n) is 11.4. The molecule has 1 N–H and O–H groups in total. The lowest BCUT2D eigenvalue weighted by molar-refractivity contribution is -0.166. The second kappa shape index (κ2) is 5.14. The van der Waals surface area contributed by atoms with E-state index < -0.39 is 23.1 Å². The minimum Gasteiger partial charge on any atom is -0.481 e. The summed E-state index contributed by atoms with van der Waals surface area (Å²) in [6, 6.07) is 0. The molecule has 6 nitrogen and oxygen atoms in total. The molecule has 1 rings (SSSR count). The third-order valence-electron chi connectivity index (χ3n) is 2.67. The van der Waals surface area contributed by atoms with Crippen molar-refractivity contribution >= 4 is 12.1 Å². The molecule has 0 aromatic heterocycles. The molecule has 0 atom stereocenters. The number of carbonyl (C=O) groups is 2. The summed E-state index contributed by atoms with van der Waals surface area (Å²) in [5, 5.41) is 9.18. The van der Waals surface area contributed by atoms with Crippen molar-refractivity contribution in [3.63, 3.8) is 0 Å². The van der Waals surface area contributed by atoms with Gasteiger partial charge >= 0.3 is 12.1 Å². The Labute approximate surface area is 107 Å². The number of carboxylic acid groups (broad SMARTS) is 1. The van der Waals surface area contributed by atoms with Crippen molar-refractivity contribution in [3.8, 4) is 0 Å². The molecule has 1 fully saturated rings. The molecule has 1 amide bonds. The topological polar surface area (TPSA) is 76.1 Å². The molecule has 1 aliphatic heterocycles. The van der Waals surface area contributed by atoms with Gasteiger partial charge in [0.25, 0.3) is 0 Å². The van der Waals surface area contributed by atoms with Crippen LogP contribution >= 0.6 is 0 Å². The number of likely N-dealkylation sites (tertiary alicyclic amines) is 1. The third-order valence-corrected chi connectivity index (χ3v) is 2.67. The van der Waals surface area contributed by atoms with Gasteiger partial charge in [0.2, 0.25) is 0 Å². The molecule has 0 saturated carbocycles. The number of nitrogens with zero attached hydrogens (tertiary/aromatic N) is 1. The lowest BCUT2D eigenvalue weighted by Gasteiger charge is -2.46.